The second-order valence-corrected chi connectivity index (χ2v) is 5.34. The van der Waals surface area contributed by atoms with Crippen molar-refractivity contribution in [2.75, 3.05) is 26.2 Å². The molecule has 18 heavy (non-hydrogen) atoms. The van der Waals surface area contributed by atoms with Crippen LogP contribution in [0.15, 0.2) is 22.9 Å². The van der Waals surface area contributed by atoms with E-state index < -0.39 is 0 Å². The average molecular weight is 312 g/mol. The highest BCUT2D eigenvalue weighted by molar-refractivity contribution is 9.10. The van der Waals surface area contributed by atoms with E-state index in [9.17, 15) is 4.79 Å². The third-order valence-electron chi connectivity index (χ3n) is 3.15. The third-order valence-corrected chi connectivity index (χ3v) is 3.62. The molecular weight excluding hydrogens is 294 g/mol. The number of piperidine rings is 1. The van der Waals surface area contributed by atoms with Crippen molar-refractivity contribution < 1.29 is 4.79 Å². The van der Waals surface area contributed by atoms with Crippen LogP contribution < -0.4 is 5.32 Å². The van der Waals surface area contributed by atoms with Gasteiger partial charge in [0.25, 0.3) is 5.91 Å². The monoisotopic (exact) mass is 311 g/mol. The standard InChI is InChI=1S/C13H18BrN3O/c14-12-5-4-11(10-16-12)13(18)15-6-9-17-7-2-1-3-8-17/h4-5,10H,1-3,6-9H2,(H,15,18). The first kappa shape index (κ1) is 13.5. The summed E-state index contributed by atoms with van der Waals surface area (Å²) in [4.78, 5) is 18.3. The van der Waals surface area contributed by atoms with Gasteiger partial charge in [0.15, 0.2) is 0 Å². The van der Waals surface area contributed by atoms with Crippen LogP contribution in [0.1, 0.15) is 29.6 Å². The number of hydrogen-bond acceptors (Lipinski definition) is 3. The Labute approximate surface area is 116 Å². The number of amides is 1. The molecule has 0 bridgehead atoms. The molecule has 4 nitrogen and oxygen atoms in total. The molecule has 0 aromatic carbocycles. The minimum atomic E-state index is -0.0491. The van der Waals surface area contributed by atoms with E-state index in [1.807, 2.05) is 0 Å². The van der Waals surface area contributed by atoms with Gasteiger partial charge in [-0.1, -0.05) is 6.42 Å². The van der Waals surface area contributed by atoms with Crippen LogP contribution in [0.4, 0.5) is 0 Å². The molecule has 0 unspecified atom stereocenters. The predicted molar refractivity (Wildman–Crippen MR) is 74.6 cm³/mol. The lowest BCUT2D eigenvalue weighted by Gasteiger charge is -2.26. The summed E-state index contributed by atoms with van der Waals surface area (Å²) < 4.78 is 0.743. The molecule has 1 aliphatic rings. The normalized spacial score (nSPS) is 16.5. The number of carbonyl (C=O) groups is 1. The SMILES string of the molecule is O=C(NCCN1CCCCC1)c1ccc(Br)nc1. The first-order valence-electron chi connectivity index (χ1n) is 6.38. The van der Waals surface area contributed by atoms with Crippen molar-refractivity contribution >= 4 is 21.8 Å². The predicted octanol–water partition coefficient (Wildman–Crippen LogP) is 2.06. The van der Waals surface area contributed by atoms with E-state index >= 15 is 0 Å². The second-order valence-electron chi connectivity index (χ2n) is 4.53. The van der Waals surface area contributed by atoms with Gasteiger partial charge >= 0.3 is 0 Å². The molecule has 1 amide bonds. The third kappa shape index (κ3) is 4.07. The summed E-state index contributed by atoms with van der Waals surface area (Å²) in [5, 5.41) is 2.93. The minimum Gasteiger partial charge on any atom is -0.351 e. The fourth-order valence-corrected chi connectivity index (χ4v) is 2.36. The zero-order valence-electron chi connectivity index (χ0n) is 10.4. The molecule has 0 spiro atoms. The van der Waals surface area contributed by atoms with Crippen LogP contribution in [0.3, 0.4) is 0 Å². The van der Waals surface area contributed by atoms with Gasteiger partial charge in [-0.05, 0) is 54.0 Å². The fraction of sp³-hybridized carbons (Fsp3) is 0.538. The van der Waals surface area contributed by atoms with E-state index in [1.54, 1.807) is 18.3 Å². The number of halogens is 1. The molecule has 0 aliphatic carbocycles. The lowest BCUT2D eigenvalue weighted by atomic mass is 10.1. The van der Waals surface area contributed by atoms with Gasteiger partial charge in [-0.3, -0.25) is 4.79 Å². The maximum atomic E-state index is 11.8. The summed E-state index contributed by atoms with van der Waals surface area (Å²) >= 11 is 3.25. The Kier molecular flexibility index (Phi) is 5.13. The van der Waals surface area contributed by atoms with Crippen molar-refractivity contribution in [2.45, 2.75) is 19.3 Å². The van der Waals surface area contributed by atoms with Crippen LogP contribution in [0, 0.1) is 0 Å². The molecule has 98 valence electrons. The van der Waals surface area contributed by atoms with Gasteiger partial charge in [0, 0.05) is 19.3 Å². The van der Waals surface area contributed by atoms with Gasteiger partial charge in [-0.15, -0.1) is 0 Å². The van der Waals surface area contributed by atoms with E-state index in [0.717, 1.165) is 24.2 Å². The largest absolute Gasteiger partial charge is 0.351 e. The number of pyridine rings is 1. The number of nitrogens with zero attached hydrogens (tertiary/aromatic N) is 2. The zero-order chi connectivity index (χ0) is 12.8. The Hall–Kier alpha value is -0.940. The van der Waals surface area contributed by atoms with E-state index in [4.69, 9.17) is 0 Å². The Bertz CT molecular complexity index is 388. The Morgan fingerprint density at radius 2 is 2.11 bits per heavy atom. The number of carbonyl (C=O) groups excluding carboxylic acids is 1. The summed E-state index contributed by atoms with van der Waals surface area (Å²) in [6.07, 6.45) is 5.49. The Morgan fingerprint density at radius 1 is 1.33 bits per heavy atom. The molecule has 2 heterocycles. The van der Waals surface area contributed by atoms with Gasteiger partial charge in [0.2, 0.25) is 0 Å². The molecule has 0 atom stereocenters. The van der Waals surface area contributed by atoms with Gasteiger partial charge in [0.05, 0.1) is 5.56 Å². The van der Waals surface area contributed by atoms with E-state index in [1.165, 1.54) is 19.3 Å². The summed E-state index contributed by atoms with van der Waals surface area (Å²) in [6, 6.07) is 3.55. The highest BCUT2D eigenvalue weighted by Gasteiger charge is 2.10. The maximum absolute atomic E-state index is 11.8. The smallest absolute Gasteiger partial charge is 0.252 e. The highest BCUT2D eigenvalue weighted by atomic mass is 79.9. The number of rotatable bonds is 4. The van der Waals surface area contributed by atoms with Gasteiger partial charge < -0.3 is 10.2 Å². The first-order chi connectivity index (χ1) is 8.75. The van der Waals surface area contributed by atoms with Crippen LogP contribution in [-0.4, -0.2) is 42.0 Å². The lowest BCUT2D eigenvalue weighted by molar-refractivity contribution is 0.0946. The number of hydrogen-bond donors (Lipinski definition) is 1. The number of aromatic nitrogens is 1. The van der Waals surface area contributed by atoms with Crippen molar-refractivity contribution in [3.8, 4) is 0 Å². The van der Waals surface area contributed by atoms with Crippen LogP contribution >= 0.6 is 15.9 Å². The van der Waals surface area contributed by atoms with Crippen molar-refractivity contribution in [3.63, 3.8) is 0 Å². The number of likely N-dealkylation sites (tertiary alicyclic amines) is 1. The van der Waals surface area contributed by atoms with Gasteiger partial charge in [0.1, 0.15) is 4.60 Å². The second kappa shape index (κ2) is 6.85. The quantitative estimate of drug-likeness (QED) is 0.866. The van der Waals surface area contributed by atoms with Crippen molar-refractivity contribution in [2.24, 2.45) is 0 Å². The molecule has 1 aromatic rings. The van der Waals surface area contributed by atoms with Gasteiger partial charge in [-0.2, -0.15) is 0 Å². The Morgan fingerprint density at radius 3 is 2.78 bits per heavy atom. The first-order valence-corrected chi connectivity index (χ1v) is 7.17. The Balaban J connectivity index is 1.72. The maximum Gasteiger partial charge on any atom is 0.252 e. The molecule has 1 fully saturated rings. The minimum absolute atomic E-state index is 0.0491. The van der Waals surface area contributed by atoms with Gasteiger partial charge in [-0.25, -0.2) is 4.98 Å². The molecule has 1 saturated heterocycles. The molecule has 5 heteroatoms. The van der Waals surface area contributed by atoms with Crippen LogP contribution in [-0.2, 0) is 0 Å². The average Bonchev–Trinajstić information content (AvgIpc) is 2.40. The number of nitrogens with one attached hydrogen (secondary N) is 1. The lowest BCUT2D eigenvalue weighted by Crippen LogP contribution is -2.37. The molecule has 1 N–H and O–H groups in total. The molecule has 0 radical (unpaired) electrons. The molecule has 1 aromatic heterocycles. The summed E-state index contributed by atoms with van der Waals surface area (Å²) in [5.41, 5.74) is 0.608. The van der Waals surface area contributed by atoms with E-state index in [-0.39, 0.29) is 5.91 Å². The van der Waals surface area contributed by atoms with Crippen molar-refractivity contribution in [1.29, 1.82) is 0 Å². The topological polar surface area (TPSA) is 45.2 Å². The molecule has 2 rings (SSSR count). The van der Waals surface area contributed by atoms with Crippen LogP contribution in [0.2, 0.25) is 0 Å². The summed E-state index contributed by atoms with van der Waals surface area (Å²) in [6.45, 7) is 3.97. The van der Waals surface area contributed by atoms with E-state index in [2.05, 4.69) is 31.1 Å². The van der Waals surface area contributed by atoms with Crippen molar-refractivity contribution in [3.05, 3.63) is 28.5 Å². The molecule has 1 aliphatic heterocycles. The van der Waals surface area contributed by atoms with Crippen molar-refractivity contribution in [1.82, 2.24) is 15.2 Å². The summed E-state index contributed by atoms with van der Waals surface area (Å²) in [7, 11) is 0. The zero-order valence-corrected chi connectivity index (χ0v) is 11.9. The molecule has 0 saturated carbocycles. The van der Waals surface area contributed by atoms with Crippen LogP contribution in [0.25, 0.3) is 0 Å². The molecular formula is C13H18BrN3O. The van der Waals surface area contributed by atoms with Crippen LogP contribution in [0.5, 0.6) is 0 Å². The highest BCUT2D eigenvalue weighted by Crippen LogP contribution is 2.08. The summed E-state index contributed by atoms with van der Waals surface area (Å²) in [5.74, 6) is -0.0491. The van der Waals surface area contributed by atoms with E-state index in [0.29, 0.717) is 12.1 Å². The fourth-order valence-electron chi connectivity index (χ4n) is 2.12.